The highest BCUT2D eigenvalue weighted by atomic mass is 79.9. The van der Waals surface area contributed by atoms with E-state index < -0.39 is 41.3 Å². The molecule has 3 aromatic rings. The summed E-state index contributed by atoms with van der Waals surface area (Å²) in [5.74, 6) is -6.61. The molecule has 6 nitrogen and oxygen atoms in total. The van der Waals surface area contributed by atoms with Crippen LogP contribution < -0.4 is 5.32 Å². The van der Waals surface area contributed by atoms with Gasteiger partial charge in [-0.25, -0.2) is 17.6 Å². The summed E-state index contributed by atoms with van der Waals surface area (Å²) in [5, 5.41) is 10.3. The zero-order valence-electron chi connectivity index (χ0n) is 12.9. The Kier molecular flexibility index (Phi) is 5.07. The van der Waals surface area contributed by atoms with Crippen LogP contribution in [-0.2, 0) is 17.9 Å². The number of halogens is 5. The highest BCUT2D eigenvalue weighted by Gasteiger charge is 2.19. The van der Waals surface area contributed by atoms with E-state index in [1.54, 1.807) is 6.20 Å². The van der Waals surface area contributed by atoms with Crippen molar-refractivity contribution in [3.8, 4) is 0 Å². The number of nitrogens with one attached hydrogen (secondary N) is 1. The second-order valence-corrected chi connectivity index (χ2v) is 6.19. The van der Waals surface area contributed by atoms with Gasteiger partial charge in [0.25, 0.3) is 0 Å². The van der Waals surface area contributed by atoms with Crippen LogP contribution in [0.1, 0.15) is 5.56 Å². The molecule has 0 saturated heterocycles. The standard InChI is InChI=1S/C15H10BrF4N5O/c16-8-2-21-24(4-8)7-13(26)23-9-3-22-25(5-9)6-10-11(17)1-12(18)15(20)14(10)19/h1-5H,6-7H2,(H,23,26). The number of nitrogens with zero attached hydrogens (tertiary/aromatic N) is 4. The Labute approximate surface area is 152 Å². The Morgan fingerprint density at radius 1 is 1.04 bits per heavy atom. The Morgan fingerprint density at radius 3 is 2.46 bits per heavy atom. The number of aromatic nitrogens is 4. The number of anilines is 1. The normalized spacial score (nSPS) is 11.0. The van der Waals surface area contributed by atoms with Crippen LogP contribution in [0.4, 0.5) is 23.2 Å². The molecule has 1 N–H and O–H groups in total. The zero-order chi connectivity index (χ0) is 18.8. The molecule has 2 aromatic heterocycles. The molecule has 1 amide bonds. The Bertz CT molecular complexity index is 971. The summed E-state index contributed by atoms with van der Waals surface area (Å²) in [4.78, 5) is 11.9. The van der Waals surface area contributed by atoms with Gasteiger partial charge in [0, 0.05) is 24.0 Å². The minimum Gasteiger partial charge on any atom is -0.322 e. The first-order valence-corrected chi connectivity index (χ1v) is 7.95. The van der Waals surface area contributed by atoms with Crippen LogP contribution in [0.25, 0.3) is 0 Å². The molecule has 0 saturated carbocycles. The van der Waals surface area contributed by atoms with Crippen molar-refractivity contribution in [3.05, 3.63) is 64.2 Å². The molecule has 3 rings (SSSR count). The zero-order valence-corrected chi connectivity index (χ0v) is 14.5. The van der Waals surface area contributed by atoms with E-state index in [0.717, 1.165) is 4.68 Å². The van der Waals surface area contributed by atoms with Crippen LogP contribution in [-0.4, -0.2) is 25.5 Å². The number of rotatable bonds is 5. The fourth-order valence-electron chi connectivity index (χ4n) is 2.20. The van der Waals surface area contributed by atoms with E-state index in [4.69, 9.17) is 0 Å². The number of carbonyl (C=O) groups is 1. The molecule has 0 bridgehead atoms. The molecule has 0 radical (unpaired) electrons. The van der Waals surface area contributed by atoms with Crippen LogP contribution >= 0.6 is 15.9 Å². The molecule has 0 atom stereocenters. The van der Waals surface area contributed by atoms with E-state index >= 15 is 0 Å². The molecule has 0 unspecified atom stereocenters. The Morgan fingerprint density at radius 2 is 1.77 bits per heavy atom. The maximum Gasteiger partial charge on any atom is 0.246 e. The molecule has 26 heavy (non-hydrogen) atoms. The minimum atomic E-state index is -1.76. The largest absolute Gasteiger partial charge is 0.322 e. The van der Waals surface area contributed by atoms with E-state index in [1.807, 2.05) is 0 Å². The highest BCUT2D eigenvalue weighted by Crippen LogP contribution is 2.20. The fourth-order valence-corrected chi connectivity index (χ4v) is 2.53. The van der Waals surface area contributed by atoms with Crippen molar-refractivity contribution < 1.29 is 22.4 Å². The van der Waals surface area contributed by atoms with Crippen LogP contribution in [0, 0.1) is 23.3 Å². The predicted molar refractivity (Wildman–Crippen MR) is 86.2 cm³/mol. The summed E-state index contributed by atoms with van der Waals surface area (Å²) in [6, 6.07) is 0.266. The maximum atomic E-state index is 13.7. The quantitative estimate of drug-likeness (QED) is 0.383. The molecule has 2 heterocycles. The average molecular weight is 432 g/mol. The van der Waals surface area contributed by atoms with Gasteiger partial charge >= 0.3 is 0 Å². The lowest BCUT2D eigenvalue weighted by Gasteiger charge is -2.07. The number of amides is 1. The van der Waals surface area contributed by atoms with Gasteiger partial charge in [-0.05, 0) is 15.9 Å². The van der Waals surface area contributed by atoms with Crippen molar-refractivity contribution in [2.75, 3.05) is 5.32 Å². The van der Waals surface area contributed by atoms with Crippen LogP contribution in [0.2, 0.25) is 0 Å². The summed E-state index contributed by atoms with van der Waals surface area (Å²) in [6.07, 6.45) is 5.69. The lowest BCUT2D eigenvalue weighted by molar-refractivity contribution is -0.116. The monoisotopic (exact) mass is 431 g/mol. The van der Waals surface area contributed by atoms with Crippen molar-refractivity contribution in [1.29, 1.82) is 0 Å². The van der Waals surface area contributed by atoms with Crippen molar-refractivity contribution in [1.82, 2.24) is 19.6 Å². The average Bonchev–Trinajstić information content (AvgIpc) is 3.18. The molecular formula is C15H10BrF4N5O. The first-order valence-electron chi connectivity index (χ1n) is 7.15. The molecular weight excluding hydrogens is 422 g/mol. The summed E-state index contributed by atoms with van der Waals surface area (Å²) >= 11 is 3.21. The van der Waals surface area contributed by atoms with Crippen LogP contribution in [0.3, 0.4) is 0 Å². The van der Waals surface area contributed by atoms with Gasteiger partial charge in [-0.3, -0.25) is 14.2 Å². The third-order valence-corrected chi connectivity index (χ3v) is 3.76. The highest BCUT2D eigenvalue weighted by molar-refractivity contribution is 9.10. The minimum absolute atomic E-state index is 0.0524. The van der Waals surface area contributed by atoms with Gasteiger partial charge in [0.15, 0.2) is 17.5 Å². The van der Waals surface area contributed by atoms with Crippen molar-refractivity contribution in [2.24, 2.45) is 0 Å². The van der Waals surface area contributed by atoms with Gasteiger partial charge in [-0.15, -0.1) is 0 Å². The SMILES string of the molecule is O=C(Cn1cc(Br)cn1)Nc1cnn(Cc2c(F)cc(F)c(F)c2F)c1. The number of carbonyl (C=O) groups excluding carboxylic acids is 1. The number of benzene rings is 1. The number of hydrogen-bond acceptors (Lipinski definition) is 3. The second-order valence-electron chi connectivity index (χ2n) is 5.28. The van der Waals surface area contributed by atoms with Gasteiger partial charge in [0.2, 0.25) is 5.91 Å². The Hall–Kier alpha value is -2.69. The molecule has 0 spiro atoms. The first kappa shape index (κ1) is 18.1. The van der Waals surface area contributed by atoms with Crippen molar-refractivity contribution >= 4 is 27.5 Å². The molecule has 0 aliphatic carbocycles. The second kappa shape index (κ2) is 7.28. The van der Waals surface area contributed by atoms with Crippen LogP contribution in [0.15, 0.2) is 35.3 Å². The van der Waals surface area contributed by atoms with Gasteiger partial charge in [0.05, 0.1) is 29.1 Å². The third-order valence-electron chi connectivity index (χ3n) is 3.35. The fraction of sp³-hybridized carbons (Fsp3) is 0.133. The van der Waals surface area contributed by atoms with E-state index in [0.29, 0.717) is 4.47 Å². The molecule has 0 fully saturated rings. The van der Waals surface area contributed by atoms with E-state index in [2.05, 4.69) is 31.4 Å². The van der Waals surface area contributed by atoms with Gasteiger partial charge < -0.3 is 5.32 Å². The maximum absolute atomic E-state index is 13.7. The van der Waals surface area contributed by atoms with E-state index in [1.165, 1.54) is 23.3 Å². The molecule has 0 aliphatic rings. The topological polar surface area (TPSA) is 64.7 Å². The summed E-state index contributed by atoms with van der Waals surface area (Å²) in [7, 11) is 0. The van der Waals surface area contributed by atoms with E-state index in [9.17, 15) is 22.4 Å². The van der Waals surface area contributed by atoms with Crippen molar-refractivity contribution in [2.45, 2.75) is 13.1 Å². The molecule has 0 aliphatic heterocycles. The van der Waals surface area contributed by atoms with Crippen LogP contribution in [0.5, 0.6) is 0 Å². The number of hydrogen-bond donors (Lipinski definition) is 1. The lowest BCUT2D eigenvalue weighted by Crippen LogP contribution is -2.18. The van der Waals surface area contributed by atoms with Gasteiger partial charge in [0.1, 0.15) is 12.4 Å². The Balaban J connectivity index is 1.69. The van der Waals surface area contributed by atoms with E-state index in [-0.39, 0.29) is 18.3 Å². The smallest absolute Gasteiger partial charge is 0.246 e. The first-order chi connectivity index (χ1) is 12.3. The summed E-state index contributed by atoms with van der Waals surface area (Å²) in [6.45, 7) is -0.528. The summed E-state index contributed by atoms with van der Waals surface area (Å²) in [5.41, 5.74) is -0.407. The molecule has 1 aromatic carbocycles. The predicted octanol–water partition coefficient (Wildman–Crippen LogP) is 3.09. The third kappa shape index (κ3) is 3.93. The van der Waals surface area contributed by atoms with Gasteiger partial charge in [-0.1, -0.05) is 0 Å². The van der Waals surface area contributed by atoms with Gasteiger partial charge in [-0.2, -0.15) is 10.2 Å². The molecule has 136 valence electrons. The lowest BCUT2D eigenvalue weighted by atomic mass is 10.2. The van der Waals surface area contributed by atoms with Crippen molar-refractivity contribution in [3.63, 3.8) is 0 Å². The summed E-state index contributed by atoms with van der Waals surface area (Å²) < 4.78 is 56.8. The molecule has 11 heteroatoms.